The molecular weight excluding hydrogens is 981 g/mol. The van der Waals surface area contributed by atoms with Crippen LogP contribution >= 0.6 is 0 Å². The Kier molecular flexibility index (Phi) is 18.4. The summed E-state index contributed by atoms with van der Waals surface area (Å²) in [6, 6.07) is 0. The highest BCUT2D eigenvalue weighted by Crippen LogP contribution is 2.67. The molecule has 3 saturated carbocycles. The standard InChI is InChI=1S/C51H82O23/c1-20(19-66-46-40(62)39(61)36(58)30(17-52)71-46)7-10-32(55)70-29-16-28-26-9-8-24-15-25(11-13-50(24,5)27(26)12-14-51(28,6)33(29)21(2)54)69-49-45(74-48-42(64)38(60)35(57)23(4)68-48)43(65)44(31(18-53)72-49)73-47-41(63)37(59)34(56)22(3)67-47/h8,20,22-23,25-31,33-49,52-53,56-65H,7,9-19H2,1-6H3/t20-,22+,23+,25-,26+,27+,28-,29+,30+,31+,33-,34+,35+,36+,37-,38-,39-,40+,41+,42+,43-,44+,45+,46+,47-,48-,49+,50+,51-/m1/s1. The van der Waals surface area contributed by atoms with E-state index in [4.69, 9.17) is 42.6 Å². The van der Waals surface area contributed by atoms with Crippen molar-refractivity contribution in [2.75, 3.05) is 19.8 Å². The van der Waals surface area contributed by atoms with Crippen LogP contribution in [-0.2, 0) is 52.2 Å². The summed E-state index contributed by atoms with van der Waals surface area (Å²) >= 11 is 0. The maximum Gasteiger partial charge on any atom is 0.306 e. The van der Waals surface area contributed by atoms with Gasteiger partial charge in [0.1, 0.15) is 97.3 Å². The number of aliphatic hydroxyl groups is 12. The molecule has 0 aromatic heterocycles. The van der Waals surface area contributed by atoms with E-state index >= 15 is 0 Å². The number of hydrogen-bond acceptors (Lipinski definition) is 23. The van der Waals surface area contributed by atoms with Crippen molar-refractivity contribution in [3.8, 4) is 0 Å². The first kappa shape index (κ1) is 58.2. The van der Waals surface area contributed by atoms with Gasteiger partial charge in [0.25, 0.3) is 0 Å². The van der Waals surface area contributed by atoms with Crippen LogP contribution in [0.4, 0.5) is 0 Å². The normalized spacial score (nSPS) is 51.0. The van der Waals surface area contributed by atoms with Crippen LogP contribution in [0.3, 0.4) is 0 Å². The van der Waals surface area contributed by atoms with Gasteiger partial charge < -0.3 is 104 Å². The molecule has 0 spiro atoms. The number of carbonyl (C=O) groups is 2. The second-order valence-electron chi connectivity index (χ2n) is 23.1. The smallest absolute Gasteiger partial charge is 0.306 e. The first-order valence-corrected chi connectivity index (χ1v) is 26.6. The van der Waals surface area contributed by atoms with E-state index < -0.39 is 166 Å². The highest BCUT2D eigenvalue weighted by atomic mass is 16.8. The molecule has 8 aliphatic rings. The van der Waals surface area contributed by atoms with Gasteiger partial charge >= 0.3 is 5.97 Å². The molecule has 0 aromatic rings. The molecule has 4 heterocycles. The Balaban J connectivity index is 0.923. The average molecular weight is 1060 g/mol. The van der Waals surface area contributed by atoms with Gasteiger partial charge in [-0.15, -0.1) is 0 Å². The highest BCUT2D eigenvalue weighted by Gasteiger charge is 2.64. The largest absolute Gasteiger partial charge is 0.462 e. The highest BCUT2D eigenvalue weighted by molar-refractivity contribution is 5.81. The lowest BCUT2D eigenvalue weighted by atomic mass is 9.47. The Labute approximate surface area is 430 Å². The maximum absolute atomic E-state index is 13.5. The molecule has 0 amide bonds. The zero-order valence-electron chi connectivity index (χ0n) is 43.0. The number of ketones is 1. The van der Waals surface area contributed by atoms with Crippen molar-refractivity contribution < 1.29 is 113 Å². The lowest BCUT2D eigenvalue weighted by Crippen LogP contribution is -2.66. The molecule has 23 heteroatoms. The Bertz CT molecular complexity index is 1940. The first-order valence-electron chi connectivity index (χ1n) is 26.6. The Morgan fingerprint density at radius 3 is 1.86 bits per heavy atom. The van der Waals surface area contributed by atoms with Gasteiger partial charge in [-0.3, -0.25) is 9.59 Å². The van der Waals surface area contributed by atoms with Gasteiger partial charge in [0.15, 0.2) is 25.2 Å². The molecule has 29 atom stereocenters. The van der Waals surface area contributed by atoms with E-state index in [0.29, 0.717) is 32.1 Å². The molecule has 4 aliphatic heterocycles. The molecule has 8 rings (SSSR count). The summed E-state index contributed by atoms with van der Waals surface area (Å²) in [5.41, 5.74) is 0.515. The van der Waals surface area contributed by atoms with Crippen LogP contribution in [0, 0.1) is 40.4 Å². The van der Waals surface area contributed by atoms with Crippen molar-refractivity contribution in [1.82, 2.24) is 0 Å². The topological polar surface area (TPSA) is 360 Å². The molecule has 0 radical (unpaired) electrons. The molecule has 4 saturated heterocycles. The van der Waals surface area contributed by atoms with Gasteiger partial charge in [-0.1, -0.05) is 32.4 Å². The van der Waals surface area contributed by atoms with Crippen molar-refractivity contribution in [3.63, 3.8) is 0 Å². The predicted octanol–water partition coefficient (Wildman–Crippen LogP) is -2.20. The predicted molar refractivity (Wildman–Crippen MR) is 250 cm³/mol. The minimum atomic E-state index is -1.77. The monoisotopic (exact) mass is 1060 g/mol. The molecule has 0 unspecified atom stereocenters. The zero-order chi connectivity index (χ0) is 53.9. The second kappa shape index (κ2) is 23.4. The Morgan fingerprint density at radius 2 is 1.26 bits per heavy atom. The minimum absolute atomic E-state index is 0.0249. The number of aliphatic hydroxyl groups excluding tert-OH is 12. The average Bonchev–Trinajstić information content (AvgIpc) is 3.67. The summed E-state index contributed by atoms with van der Waals surface area (Å²) < 4.78 is 53.8. The molecule has 424 valence electrons. The van der Waals surface area contributed by atoms with Crippen LogP contribution in [0.5, 0.6) is 0 Å². The second-order valence-corrected chi connectivity index (χ2v) is 23.1. The zero-order valence-corrected chi connectivity index (χ0v) is 43.0. The van der Waals surface area contributed by atoms with E-state index in [9.17, 15) is 70.9 Å². The molecule has 74 heavy (non-hydrogen) atoms. The molecule has 0 aromatic carbocycles. The third kappa shape index (κ3) is 11.2. The van der Waals surface area contributed by atoms with E-state index in [1.807, 2.05) is 6.92 Å². The number of carbonyl (C=O) groups excluding carboxylic acids is 2. The molecular formula is C51H82O23. The Morgan fingerprint density at radius 1 is 0.676 bits per heavy atom. The minimum Gasteiger partial charge on any atom is -0.462 e. The number of rotatable bonds is 16. The number of allylic oxidation sites excluding steroid dienone is 1. The van der Waals surface area contributed by atoms with Gasteiger partial charge in [0.05, 0.1) is 44.1 Å². The summed E-state index contributed by atoms with van der Waals surface area (Å²) in [6.07, 6.45) is -23.3. The lowest BCUT2D eigenvalue weighted by molar-refractivity contribution is -0.388. The van der Waals surface area contributed by atoms with Gasteiger partial charge in [-0.05, 0) is 107 Å². The molecule has 4 aliphatic carbocycles. The molecule has 7 fully saturated rings. The third-order valence-electron chi connectivity index (χ3n) is 18.3. The fraction of sp³-hybridized carbons (Fsp3) is 0.922. The SMILES string of the molecule is CC(=O)[C@@H]1[C@@H](OC(=O)CC[C@@H](C)CO[C@H]2O[C@@H](CO)[C@H](O)[C@@H](O)[C@@H]2O)C[C@@H]2[C@H]3CC=C4C[C@H](O[C@H]5O[C@@H](CO)[C@H](O[C@H]6O[C@@H](C)[C@H](O)[C@@H](O)[C@@H]6O)[C@@H](O)[C@@H]5O[C@H]5O[C@@H](C)[C@H](O)[C@@H](O)[C@@H]5O)CC[C@]4(C)[C@H]3CC[C@]21C. The van der Waals surface area contributed by atoms with Gasteiger partial charge in [0, 0.05) is 6.42 Å². The van der Waals surface area contributed by atoms with Crippen LogP contribution in [0.25, 0.3) is 0 Å². The number of Topliss-reactive ketones (excluding diaryl/α,β-unsaturated/α-hetero) is 1. The number of esters is 1. The Hall–Kier alpha value is -1.92. The summed E-state index contributed by atoms with van der Waals surface area (Å²) in [5.74, 6) is -0.639. The van der Waals surface area contributed by atoms with Crippen molar-refractivity contribution in [1.29, 1.82) is 0 Å². The summed E-state index contributed by atoms with van der Waals surface area (Å²) in [4.78, 5) is 27.0. The van der Waals surface area contributed by atoms with Gasteiger partial charge in [-0.25, -0.2) is 0 Å². The summed E-state index contributed by atoms with van der Waals surface area (Å²) in [6.45, 7) is 9.50. The number of ether oxygens (including phenoxy) is 9. The van der Waals surface area contributed by atoms with Crippen molar-refractivity contribution >= 4 is 11.8 Å². The van der Waals surface area contributed by atoms with E-state index in [-0.39, 0.29) is 47.9 Å². The first-order chi connectivity index (χ1) is 34.9. The van der Waals surface area contributed by atoms with Crippen LogP contribution in [0.15, 0.2) is 11.6 Å². The third-order valence-corrected chi connectivity index (χ3v) is 18.3. The maximum atomic E-state index is 13.5. The van der Waals surface area contributed by atoms with Crippen molar-refractivity contribution in [2.45, 2.75) is 234 Å². The van der Waals surface area contributed by atoms with Crippen molar-refractivity contribution in [3.05, 3.63) is 11.6 Å². The fourth-order valence-electron chi connectivity index (χ4n) is 13.9. The molecule has 0 bridgehead atoms. The van der Waals surface area contributed by atoms with Crippen LogP contribution in [-0.4, -0.2) is 228 Å². The molecule has 12 N–H and O–H groups in total. The van der Waals surface area contributed by atoms with E-state index in [0.717, 1.165) is 19.3 Å². The number of hydrogen-bond donors (Lipinski definition) is 12. The lowest BCUT2D eigenvalue weighted by Gasteiger charge is -2.58. The van der Waals surface area contributed by atoms with Crippen molar-refractivity contribution in [2.24, 2.45) is 40.4 Å². The van der Waals surface area contributed by atoms with Crippen LogP contribution in [0.2, 0.25) is 0 Å². The van der Waals surface area contributed by atoms with Gasteiger partial charge in [-0.2, -0.15) is 0 Å². The van der Waals surface area contributed by atoms with Crippen LogP contribution < -0.4 is 0 Å². The van der Waals surface area contributed by atoms with E-state index in [1.165, 1.54) is 19.4 Å². The number of fused-ring (bicyclic) bond motifs is 5. The summed E-state index contributed by atoms with van der Waals surface area (Å²) in [7, 11) is 0. The fourth-order valence-corrected chi connectivity index (χ4v) is 13.9. The van der Waals surface area contributed by atoms with Crippen LogP contribution in [0.1, 0.15) is 99.3 Å². The van der Waals surface area contributed by atoms with Gasteiger partial charge in [0.2, 0.25) is 0 Å². The summed E-state index contributed by atoms with van der Waals surface area (Å²) in [5, 5.41) is 126. The van der Waals surface area contributed by atoms with E-state index in [2.05, 4.69) is 19.9 Å². The molecule has 23 nitrogen and oxygen atoms in total. The van der Waals surface area contributed by atoms with E-state index in [1.54, 1.807) is 6.92 Å². The quantitative estimate of drug-likeness (QED) is 0.0576.